The number of hydrogen-bond donors (Lipinski definition) is 1. The van der Waals surface area contributed by atoms with Crippen molar-refractivity contribution in [3.63, 3.8) is 0 Å². The number of hydrogen-bond acceptors (Lipinski definition) is 4. The van der Waals surface area contributed by atoms with E-state index in [9.17, 15) is 9.59 Å². The minimum atomic E-state index is -0.277. The monoisotopic (exact) mass is 278 g/mol. The normalized spacial score (nSPS) is 26.6. The number of imidazole rings is 1. The van der Waals surface area contributed by atoms with Crippen molar-refractivity contribution in [3.8, 4) is 0 Å². The van der Waals surface area contributed by atoms with Crippen molar-refractivity contribution in [1.82, 2.24) is 19.8 Å². The number of nitrogens with zero attached hydrogens (tertiary/aromatic N) is 3. The van der Waals surface area contributed by atoms with Crippen LogP contribution in [0.5, 0.6) is 0 Å². The van der Waals surface area contributed by atoms with E-state index in [1.54, 1.807) is 30.0 Å². The number of ether oxygens (including phenoxy) is 1. The summed E-state index contributed by atoms with van der Waals surface area (Å²) >= 11 is 0. The zero-order valence-electron chi connectivity index (χ0n) is 11.6. The number of H-pyrrole nitrogens is 1. The molecule has 0 spiro atoms. The van der Waals surface area contributed by atoms with Gasteiger partial charge in [0.05, 0.1) is 31.4 Å². The van der Waals surface area contributed by atoms with Crippen molar-refractivity contribution >= 4 is 11.8 Å². The van der Waals surface area contributed by atoms with Gasteiger partial charge in [0.25, 0.3) is 5.91 Å². The Bertz CT molecular complexity index is 541. The molecule has 1 aromatic rings. The molecule has 20 heavy (non-hydrogen) atoms. The Hall–Kier alpha value is -1.89. The molecule has 0 unspecified atom stereocenters. The Morgan fingerprint density at radius 1 is 1.45 bits per heavy atom. The Morgan fingerprint density at radius 2 is 2.25 bits per heavy atom. The molecule has 0 aliphatic carbocycles. The molecule has 2 fully saturated rings. The first-order valence-electron chi connectivity index (χ1n) is 6.71. The van der Waals surface area contributed by atoms with Crippen LogP contribution in [0, 0.1) is 12.8 Å². The number of nitrogens with one attached hydrogen (secondary N) is 1. The predicted octanol–water partition coefficient (Wildman–Crippen LogP) is -0.353. The smallest absolute Gasteiger partial charge is 0.272 e. The number of aromatic amines is 1. The van der Waals surface area contributed by atoms with Gasteiger partial charge in [-0.2, -0.15) is 0 Å². The van der Waals surface area contributed by atoms with Gasteiger partial charge in [-0.1, -0.05) is 0 Å². The SMILES string of the molecule is Cc1ncc(C(=O)N2C[C@@H]3COC[C@H](C2)N(C)C3=O)[nH]1. The molecule has 0 radical (unpaired) electrons. The second kappa shape index (κ2) is 4.90. The van der Waals surface area contributed by atoms with E-state index in [0.29, 0.717) is 37.8 Å². The van der Waals surface area contributed by atoms with Crippen LogP contribution in [0.3, 0.4) is 0 Å². The van der Waals surface area contributed by atoms with Crippen molar-refractivity contribution < 1.29 is 14.3 Å². The van der Waals surface area contributed by atoms with E-state index in [-0.39, 0.29) is 23.8 Å². The van der Waals surface area contributed by atoms with Gasteiger partial charge in [0.1, 0.15) is 11.5 Å². The Labute approximate surface area is 116 Å². The van der Waals surface area contributed by atoms with Crippen LogP contribution in [0.2, 0.25) is 0 Å². The van der Waals surface area contributed by atoms with Crippen LogP contribution < -0.4 is 0 Å². The van der Waals surface area contributed by atoms with Gasteiger partial charge in [-0.3, -0.25) is 9.59 Å². The number of rotatable bonds is 1. The first-order valence-corrected chi connectivity index (χ1v) is 6.71. The van der Waals surface area contributed by atoms with Gasteiger partial charge in [-0.05, 0) is 6.92 Å². The molecule has 2 atom stereocenters. The predicted molar refractivity (Wildman–Crippen MR) is 70.1 cm³/mol. The van der Waals surface area contributed by atoms with E-state index in [1.165, 1.54) is 0 Å². The highest BCUT2D eigenvalue weighted by Crippen LogP contribution is 2.20. The Morgan fingerprint density at radius 3 is 2.95 bits per heavy atom. The molecule has 3 heterocycles. The number of aryl methyl sites for hydroxylation is 1. The van der Waals surface area contributed by atoms with Crippen molar-refractivity contribution in [1.29, 1.82) is 0 Å². The van der Waals surface area contributed by atoms with Crippen molar-refractivity contribution in [2.75, 3.05) is 33.4 Å². The van der Waals surface area contributed by atoms with Crippen molar-refractivity contribution in [3.05, 3.63) is 17.7 Å². The zero-order chi connectivity index (χ0) is 14.3. The molecule has 1 aromatic heterocycles. The third-order valence-electron chi connectivity index (χ3n) is 3.97. The number of fused-ring (bicyclic) bond motifs is 3. The highest BCUT2D eigenvalue weighted by molar-refractivity contribution is 5.93. The highest BCUT2D eigenvalue weighted by atomic mass is 16.5. The van der Waals surface area contributed by atoms with E-state index in [0.717, 1.165) is 0 Å². The molecule has 0 saturated carbocycles. The molecule has 2 bridgehead atoms. The minimum absolute atomic E-state index is 0.0589. The quantitative estimate of drug-likeness (QED) is 0.761. The lowest BCUT2D eigenvalue weighted by Gasteiger charge is -2.29. The first-order chi connectivity index (χ1) is 9.56. The topological polar surface area (TPSA) is 78.5 Å². The van der Waals surface area contributed by atoms with Crippen LogP contribution in [0.1, 0.15) is 16.3 Å². The molecular weight excluding hydrogens is 260 g/mol. The van der Waals surface area contributed by atoms with E-state index in [4.69, 9.17) is 4.74 Å². The maximum atomic E-state index is 12.5. The lowest BCUT2D eigenvalue weighted by atomic mass is 10.1. The molecule has 108 valence electrons. The third kappa shape index (κ3) is 2.18. The number of carbonyl (C=O) groups excluding carboxylic acids is 2. The molecule has 3 rings (SSSR count). The first kappa shape index (κ1) is 13.1. The summed E-state index contributed by atoms with van der Waals surface area (Å²) in [5, 5.41) is 0. The second-order valence-corrected chi connectivity index (χ2v) is 5.43. The van der Waals surface area contributed by atoms with Gasteiger partial charge in [-0.25, -0.2) is 4.98 Å². The number of amides is 2. The molecule has 0 aromatic carbocycles. The second-order valence-electron chi connectivity index (χ2n) is 5.43. The van der Waals surface area contributed by atoms with E-state index < -0.39 is 0 Å². The fourth-order valence-electron chi connectivity index (χ4n) is 2.76. The van der Waals surface area contributed by atoms with Crippen LogP contribution in [0.4, 0.5) is 0 Å². The van der Waals surface area contributed by atoms with Crippen molar-refractivity contribution in [2.45, 2.75) is 13.0 Å². The lowest BCUT2D eigenvalue weighted by molar-refractivity contribution is -0.133. The maximum absolute atomic E-state index is 12.5. The Balaban J connectivity index is 1.85. The molecule has 2 aliphatic rings. The Kier molecular flexibility index (Phi) is 3.21. The molecule has 1 N–H and O–H groups in total. The molecular formula is C13H18N4O3. The van der Waals surface area contributed by atoms with E-state index in [2.05, 4.69) is 9.97 Å². The third-order valence-corrected chi connectivity index (χ3v) is 3.97. The molecule has 7 heteroatoms. The maximum Gasteiger partial charge on any atom is 0.272 e. The number of aromatic nitrogens is 2. The molecule has 2 aliphatic heterocycles. The standard InChI is InChI=1S/C13H18N4O3/c1-8-14-3-11(15-8)13(19)17-4-9-6-20-7-10(5-17)16(2)12(9)18/h3,9-10H,4-7H2,1-2H3,(H,14,15)/t9-,10+/m1/s1. The summed E-state index contributed by atoms with van der Waals surface area (Å²) in [6.45, 7) is 3.56. The van der Waals surface area contributed by atoms with Gasteiger partial charge in [-0.15, -0.1) is 0 Å². The summed E-state index contributed by atoms with van der Waals surface area (Å²) in [4.78, 5) is 35.2. The van der Waals surface area contributed by atoms with Gasteiger partial charge in [0, 0.05) is 20.1 Å². The summed E-state index contributed by atoms with van der Waals surface area (Å²) < 4.78 is 5.52. The number of likely N-dealkylation sites (N-methyl/N-ethyl adjacent to an activating group) is 1. The molecule has 2 amide bonds. The fraction of sp³-hybridized carbons (Fsp3) is 0.615. The molecule has 7 nitrogen and oxygen atoms in total. The minimum Gasteiger partial charge on any atom is -0.378 e. The van der Waals surface area contributed by atoms with Gasteiger partial charge >= 0.3 is 0 Å². The average molecular weight is 278 g/mol. The van der Waals surface area contributed by atoms with Crippen LogP contribution in [0.25, 0.3) is 0 Å². The van der Waals surface area contributed by atoms with Crippen LogP contribution in [-0.4, -0.2) is 71.0 Å². The zero-order valence-corrected chi connectivity index (χ0v) is 11.6. The van der Waals surface area contributed by atoms with E-state index >= 15 is 0 Å². The van der Waals surface area contributed by atoms with Crippen LogP contribution in [0.15, 0.2) is 6.20 Å². The van der Waals surface area contributed by atoms with Crippen LogP contribution >= 0.6 is 0 Å². The number of carbonyl (C=O) groups is 2. The summed E-state index contributed by atoms with van der Waals surface area (Å²) in [7, 11) is 1.78. The average Bonchev–Trinajstić information content (AvgIpc) is 2.74. The summed E-state index contributed by atoms with van der Waals surface area (Å²) in [5.41, 5.74) is 0.471. The lowest BCUT2D eigenvalue weighted by Crippen LogP contribution is -2.45. The summed E-state index contributed by atoms with van der Waals surface area (Å²) in [6, 6.07) is -0.0806. The largest absolute Gasteiger partial charge is 0.378 e. The highest BCUT2D eigenvalue weighted by Gasteiger charge is 2.39. The fourth-order valence-corrected chi connectivity index (χ4v) is 2.76. The van der Waals surface area contributed by atoms with Crippen LogP contribution in [-0.2, 0) is 9.53 Å². The summed E-state index contributed by atoms with van der Waals surface area (Å²) in [5.74, 6) is 0.384. The van der Waals surface area contributed by atoms with E-state index in [1.807, 2.05) is 0 Å². The van der Waals surface area contributed by atoms with Gasteiger partial charge < -0.3 is 19.5 Å². The van der Waals surface area contributed by atoms with Crippen molar-refractivity contribution in [2.24, 2.45) is 5.92 Å². The molecule has 2 saturated heterocycles. The summed E-state index contributed by atoms with van der Waals surface area (Å²) in [6.07, 6.45) is 1.54. The van der Waals surface area contributed by atoms with Gasteiger partial charge in [0.2, 0.25) is 5.91 Å². The van der Waals surface area contributed by atoms with Gasteiger partial charge in [0.15, 0.2) is 0 Å².